The number of rotatable bonds is 6. The van der Waals surface area contributed by atoms with Crippen LogP contribution in [0.1, 0.15) is 54.3 Å². The summed E-state index contributed by atoms with van der Waals surface area (Å²) >= 11 is 0. The van der Waals surface area contributed by atoms with Crippen molar-refractivity contribution < 1.29 is 4.74 Å². The van der Waals surface area contributed by atoms with Gasteiger partial charge in [-0.3, -0.25) is 0 Å². The fourth-order valence-electron chi connectivity index (χ4n) is 3.71. The second kappa shape index (κ2) is 7.48. The van der Waals surface area contributed by atoms with Gasteiger partial charge in [-0.25, -0.2) is 4.98 Å². The van der Waals surface area contributed by atoms with Crippen LogP contribution in [0.4, 0.5) is 0 Å². The molecule has 0 spiro atoms. The van der Waals surface area contributed by atoms with E-state index in [9.17, 15) is 0 Å². The molecule has 0 saturated carbocycles. The van der Waals surface area contributed by atoms with Gasteiger partial charge in [0.15, 0.2) is 5.65 Å². The number of benzene rings is 1. The molecule has 0 amide bonds. The van der Waals surface area contributed by atoms with Gasteiger partial charge >= 0.3 is 0 Å². The first kappa shape index (κ1) is 18.4. The van der Waals surface area contributed by atoms with Gasteiger partial charge in [-0.15, -0.1) is 0 Å². The Balaban J connectivity index is 2.14. The van der Waals surface area contributed by atoms with Crippen LogP contribution in [0.3, 0.4) is 0 Å². The Morgan fingerprint density at radius 3 is 2.27 bits per heavy atom. The normalized spacial score (nSPS) is 11.3. The monoisotopic (exact) mass is 351 g/mol. The molecule has 0 unspecified atom stereocenters. The molecule has 0 radical (unpaired) electrons. The maximum Gasteiger partial charge on any atom is 0.218 e. The van der Waals surface area contributed by atoms with Crippen LogP contribution < -0.4 is 4.74 Å². The highest BCUT2D eigenvalue weighted by atomic mass is 16.5. The van der Waals surface area contributed by atoms with Crippen molar-refractivity contribution in [2.24, 2.45) is 0 Å². The summed E-state index contributed by atoms with van der Waals surface area (Å²) in [5.41, 5.74) is 8.96. The molecule has 0 atom stereocenters. The summed E-state index contributed by atoms with van der Waals surface area (Å²) in [4.78, 5) is 4.80. The van der Waals surface area contributed by atoms with E-state index >= 15 is 0 Å². The van der Waals surface area contributed by atoms with Gasteiger partial charge in [-0.05, 0) is 57.7 Å². The lowest BCUT2D eigenvalue weighted by atomic mass is 9.94. The predicted octanol–water partition coefficient (Wildman–Crippen LogP) is 5.51. The van der Waals surface area contributed by atoms with Gasteiger partial charge in [-0.2, -0.15) is 9.61 Å². The lowest BCUT2D eigenvalue weighted by Crippen LogP contribution is -2.05. The third-order valence-electron chi connectivity index (χ3n) is 4.78. The molecule has 0 bridgehead atoms. The number of unbranched alkanes of at least 4 members (excludes halogenated alkanes) is 2. The second-order valence-corrected chi connectivity index (χ2v) is 7.26. The van der Waals surface area contributed by atoms with Crippen molar-refractivity contribution in [3.05, 3.63) is 46.3 Å². The molecule has 4 heteroatoms. The average molecular weight is 351 g/mol. The standard InChI is InChI=1S/C22H29N3O/c1-7-8-9-10-26-19-13-17(5)23-22-21(18(6)24-25(19)22)20-15(3)11-14(2)12-16(20)4/h11-13H,7-10H2,1-6H3. The van der Waals surface area contributed by atoms with Gasteiger partial charge in [0.25, 0.3) is 0 Å². The van der Waals surface area contributed by atoms with Crippen molar-refractivity contribution in [3.8, 4) is 17.0 Å². The first-order valence-electron chi connectivity index (χ1n) is 9.50. The predicted molar refractivity (Wildman–Crippen MR) is 107 cm³/mol. The molecule has 1 aromatic carbocycles. The van der Waals surface area contributed by atoms with E-state index in [1.54, 1.807) is 0 Å². The highest BCUT2D eigenvalue weighted by Crippen LogP contribution is 2.34. The highest BCUT2D eigenvalue weighted by Gasteiger charge is 2.19. The Bertz CT molecular complexity index is 917. The van der Waals surface area contributed by atoms with Crippen molar-refractivity contribution in [1.82, 2.24) is 14.6 Å². The summed E-state index contributed by atoms with van der Waals surface area (Å²) in [6.45, 7) is 13.4. The minimum atomic E-state index is 0.712. The van der Waals surface area contributed by atoms with E-state index in [0.29, 0.717) is 6.61 Å². The molecule has 138 valence electrons. The van der Waals surface area contributed by atoms with Crippen LogP contribution >= 0.6 is 0 Å². The number of fused-ring (bicyclic) bond motifs is 1. The number of aromatic nitrogens is 3. The smallest absolute Gasteiger partial charge is 0.218 e. The molecule has 0 aliphatic rings. The fourth-order valence-corrected chi connectivity index (χ4v) is 3.71. The third-order valence-corrected chi connectivity index (χ3v) is 4.78. The molecule has 3 aromatic rings. The van der Waals surface area contributed by atoms with Crippen LogP contribution in [0.15, 0.2) is 18.2 Å². The number of nitrogens with zero attached hydrogens (tertiary/aromatic N) is 3. The Labute approximate surface area is 156 Å². The summed E-state index contributed by atoms with van der Waals surface area (Å²) in [6, 6.07) is 6.43. The third kappa shape index (κ3) is 3.46. The minimum absolute atomic E-state index is 0.712. The summed E-state index contributed by atoms with van der Waals surface area (Å²) in [6.07, 6.45) is 3.42. The maximum atomic E-state index is 6.05. The Morgan fingerprint density at radius 1 is 0.923 bits per heavy atom. The zero-order chi connectivity index (χ0) is 18.8. The largest absolute Gasteiger partial charge is 0.478 e. The summed E-state index contributed by atoms with van der Waals surface area (Å²) in [5, 5.41) is 4.76. The molecule has 2 heterocycles. The Kier molecular flexibility index (Phi) is 5.30. The molecular formula is C22H29N3O. The topological polar surface area (TPSA) is 39.4 Å². The Hall–Kier alpha value is -2.36. The molecule has 2 aromatic heterocycles. The first-order valence-corrected chi connectivity index (χ1v) is 9.50. The van der Waals surface area contributed by atoms with E-state index in [1.165, 1.54) is 35.1 Å². The average Bonchev–Trinajstić information content (AvgIpc) is 2.87. The van der Waals surface area contributed by atoms with Gasteiger partial charge in [0.2, 0.25) is 5.88 Å². The Morgan fingerprint density at radius 2 is 1.62 bits per heavy atom. The zero-order valence-corrected chi connectivity index (χ0v) is 16.8. The van der Waals surface area contributed by atoms with Crippen molar-refractivity contribution >= 4 is 5.65 Å². The summed E-state index contributed by atoms with van der Waals surface area (Å²) in [7, 11) is 0. The lowest BCUT2D eigenvalue weighted by molar-refractivity contribution is 0.286. The maximum absolute atomic E-state index is 6.05. The zero-order valence-electron chi connectivity index (χ0n) is 16.8. The van der Waals surface area contributed by atoms with Crippen molar-refractivity contribution in [2.75, 3.05) is 6.61 Å². The van der Waals surface area contributed by atoms with Gasteiger partial charge in [-0.1, -0.05) is 37.5 Å². The number of aryl methyl sites for hydroxylation is 5. The van der Waals surface area contributed by atoms with Gasteiger partial charge in [0, 0.05) is 11.8 Å². The van der Waals surface area contributed by atoms with Crippen LogP contribution in [0.25, 0.3) is 16.8 Å². The van der Waals surface area contributed by atoms with E-state index in [0.717, 1.165) is 34.9 Å². The van der Waals surface area contributed by atoms with E-state index < -0.39 is 0 Å². The fraction of sp³-hybridized carbons (Fsp3) is 0.455. The van der Waals surface area contributed by atoms with Crippen LogP contribution in [-0.4, -0.2) is 21.2 Å². The van der Waals surface area contributed by atoms with Gasteiger partial charge in [0.05, 0.1) is 17.9 Å². The first-order chi connectivity index (χ1) is 12.4. The highest BCUT2D eigenvalue weighted by molar-refractivity contribution is 5.84. The van der Waals surface area contributed by atoms with Crippen molar-refractivity contribution in [1.29, 1.82) is 0 Å². The molecule has 0 aliphatic heterocycles. The quantitative estimate of drug-likeness (QED) is 0.550. The van der Waals surface area contributed by atoms with Crippen LogP contribution in [-0.2, 0) is 0 Å². The van der Waals surface area contributed by atoms with Crippen LogP contribution in [0.5, 0.6) is 5.88 Å². The minimum Gasteiger partial charge on any atom is -0.478 e. The van der Waals surface area contributed by atoms with Gasteiger partial charge < -0.3 is 4.74 Å². The number of hydrogen-bond acceptors (Lipinski definition) is 3. The summed E-state index contributed by atoms with van der Waals surface area (Å²) < 4.78 is 7.91. The summed E-state index contributed by atoms with van der Waals surface area (Å²) in [5.74, 6) is 0.778. The van der Waals surface area contributed by atoms with E-state index in [-0.39, 0.29) is 0 Å². The molecule has 4 nitrogen and oxygen atoms in total. The van der Waals surface area contributed by atoms with Crippen molar-refractivity contribution in [3.63, 3.8) is 0 Å². The SMILES string of the molecule is CCCCCOc1cc(C)nc2c(-c3c(C)cc(C)cc3C)c(C)nn12. The van der Waals surface area contributed by atoms with Crippen LogP contribution in [0.2, 0.25) is 0 Å². The van der Waals surface area contributed by atoms with E-state index in [4.69, 9.17) is 14.8 Å². The second-order valence-electron chi connectivity index (χ2n) is 7.26. The molecular weight excluding hydrogens is 322 g/mol. The van der Waals surface area contributed by atoms with E-state index in [1.807, 2.05) is 17.5 Å². The molecule has 0 fully saturated rings. The molecule has 3 rings (SSSR count). The number of ether oxygens (including phenoxy) is 1. The number of hydrogen-bond donors (Lipinski definition) is 0. The van der Waals surface area contributed by atoms with Crippen molar-refractivity contribution in [2.45, 2.75) is 60.8 Å². The molecule has 0 N–H and O–H groups in total. The molecule has 0 aliphatic carbocycles. The van der Waals surface area contributed by atoms with Gasteiger partial charge in [0.1, 0.15) is 0 Å². The van der Waals surface area contributed by atoms with E-state index in [2.05, 4.69) is 46.8 Å². The molecule has 0 saturated heterocycles. The lowest BCUT2D eigenvalue weighted by Gasteiger charge is -2.12. The van der Waals surface area contributed by atoms with Crippen LogP contribution in [0, 0.1) is 34.6 Å². The molecule has 26 heavy (non-hydrogen) atoms.